The number of nitrogens with zero attached hydrogens (tertiary/aromatic N) is 3. The molecule has 0 radical (unpaired) electrons. The molecule has 0 amide bonds. The molecule has 7 nitrogen and oxygen atoms in total. The maximum atomic E-state index is 5.86. The highest BCUT2D eigenvalue weighted by atomic mass is 16.7. The molecule has 0 saturated heterocycles. The summed E-state index contributed by atoms with van der Waals surface area (Å²) < 4.78 is 17.1. The van der Waals surface area contributed by atoms with E-state index in [0.717, 1.165) is 22.6 Å². The Hall–Kier alpha value is -4.13. The van der Waals surface area contributed by atoms with E-state index in [9.17, 15) is 0 Å². The van der Waals surface area contributed by atoms with Gasteiger partial charge < -0.3 is 18.7 Å². The average Bonchev–Trinajstić information content (AvgIpc) is 3.45. The Labute approximate surface area is 178 Å². The first-order valence-electron chi connectivity index (χ1n) is 9.87. The van der Waals surface area contributed by atoms with Gasteiger partial charge in [0.2, 0.25) is 17.7 Å². The summed E-state index contributed by atoms with van der Waals surface area (Å²) in [7, 11) is 0. The van der Waals surface area contributed by atoms with Crippen LogP contribution in [-0.4, -0.2) is 16.1 Å². The van der Waals surface area contributed by atoms with Crippen molar-refractivity contribution in [2.45, 2.75) is 19.4 Å². The van der Waals surface area contributed by atoms with Crippen molar-refractivity contribution < 1.29 is 18.7 Å². The Morgan fingerprint density at radius 3 is 2.16 bits per heavy atom. The van der Waals surface area contributed by atoms with E-state index in [-0.39, 0.29) is 6.10 Å². The van der Waals surface area contributed by atoms with Gasteiger partial charge in [-0.05, 0) is 54.1 Å². The maximum Gasteiger partial charge on any atom is 0.247 e. The maximum absolute atomic E-state index is 5.86. The minimum Gasteiger partial charge on any atom is -0.457 e. The van der Waals surface area contributed by atoms with Crippen LogP contribution in [0.1, 0.15) is 24.0 Å². The zero-order valence-electron chi connectivity index (χ0n) is 16.8. The standard InChI is InChI=1S/C24H19N3O4/c1-16-25-26-24(28-16)18-9-13-21(14-10-18)30-23-15-22(31-27-23)17-7-11-20(12-8-17)29-19-5-3-2-4-6-19/h2-14,22H,15H2,1H3/t22-/m0/s1. The van der Waals surface area contributed by atoms with Crippen LogP contribution in [0.15, 0.2) is 88.4 Å². The second kappa shape index (κ2) is 8.31. The normalized spacial score (nSPS) is 15.3. The number of para-hydroxylation sites is 1. The summed E-state index contributed by atoms with van der Waals surface area (Å²) in [6, 6.07) is 24.8. The Morgan fingerprint density at radius 2 is 1.45 bits per heavy atom. The number of rotatable bonds is 5. The molecular formula is C24H19N3O4. The van der Waals surface area contributed by atoms with Crippen LogP contribution in [0.2, 0.25) is 0 Å². The first kappa shape index (κ1) is 18.9. The highest BCUT2D eigenvalue weighted by molar-refractivity contribution is 5.80. The molecule has 31 heavy (non-hydrogen) atoms. The molecule has 0 spiro atoms. The largest absolute Gasteiger partial charge is 0.457 e. The number of aryl methyl sites for hydroxylation is 1. The summed E-state index contributed by atoms with van der Waals surface area (Å²) >= 11 is 0. The van der Waals surface area contributed by atoms with Gasteiger partial charge >= 0.3 is 0 Å². The molecule has 0 aliphatic carbocycles. The van der Waals surface area contributed by atoms with Gasteiger partial charge in [-0.15, -0.1) is 10.2 Å². The Balaban J connectivity index is 1.18. The third-order valence-electron chi connectivity index (χ3n) is 4.74. The fourth-order valence-corrected chi connectivity index (χ4v) is 3.18. The average molecular weight is 413 g/mol. The van der Waals surface area contributed by atoms with Gasteiger partial charge in [-0.25, -0.2) is 0 Å². The van der Waals surface area contributed by atoms with Crippen LogP contribution in [0.25, 0.3) is 11.5 Å². The Morgan fingerprint density at radius 1 is 0.774 bits per heavy atom. The van der Waals surface area contributed by atoms with Gasteiger partial charge in [-0.3, -0.25) is 0 Å². The zero-order chi connectivity index (χ0) is 21.0. The Kier molecular flexibility index (Phi) is 5.06. The molecule has 5 rings (SSSR count). The van der Waals surface area contributed by atoms with Gasteiger partial charge in [0.05, 0.1) is 6.42 Å². The summed E-state index contributed by atoms with van der Waals surface area (Å²) in [4.78, 5) is 5.57. The predicted molar refractivity (Wildman–Crippen MR) is 114 cm³/mol. The number of ether oxygens (including phenoxy) is 2. The molecule has 1 aliphatic heterocycles. The number of hydrogen-bond acceptors (Lipinski definition) is 7. The third kappa shape index (κ3) is 4.40. The van der Waals surface area contributed by atoms with Crippen molar-refractivity contribution in [3.8, 4) is 28.7 Å². The molecule has 2 heterocycles. The highest BCUT2D eigenvalue weighted by Crippen LogP contribution is 2.31. The van der Waals surface area contributed by atoms with Crippen molar-refractivity contribution >= 4 is 5.90 Å². The minimum atomic E-state index is -0.193. The second-order valence-corrected chi connectivity index (χ2v) is 7.02. The number of benzene rings is 3. The molecule has 3 aromatic carbocycles. The lowest BCUT2D eigenvalue weighted by Gasteiger charge is -2.10. The van der Waals surface area contributed by atoms with E-state index in [1.165, 1.54) is 0 Å². The zero-order valence-corrected chi connectivity index (χ0v) is 16.8. The third-order valence-corrected chi connectivity index (χ3v) is 4.74. The van der Waals surface area contributed by atoms with Crippen molar-refractivity contribution in [2.24, 2.45) is 5.16 Å². The smallest absolute Gasteiger partial charge is 0.247 e. The molecule has 4 aromatic rings. The monoisotopic (exact) mass is 413 g/mol. The van der Waals surface area contributed by atoms with Crippen LogP contribution >= 0.6 is 0 Å². The summed E-state index contributed by atoms with van der Waals surface area (Å²) in [5.74, 6) is 3.75. The van der Waals surface area contributed by atoms with Crippen molar-refractivity contribution in [1.82, 2.24) is 10.2 Å². The molecule has 0 N–H and O–H groups in total. The fourth-order valence-electron chi connectivity index (χ4n) is 3.18. The van der Waals surface area contributed by atoms with E-state index in [1.807, 2.05) is 78.9 Å². The first-order chi connectivity index (χ1) is 15.2. The molecule has 1 aliphatic rings. The lowest BCUT2D eigenvalue weighted by atomic mass is 10.1. The summed E-state index contributed by atoms with van der Waals surface area (Å²) in [5.41, 5.74) is 1.83. The van der Waals surface area contributed by atoms with Crippen LogP contribution in [0.3, 0.4) is 0 Å². The quantitative estimate of drug-likeness (QED) is 0.418. The SMILES string of the molecule is Cc1nnc(-c2ccc(OC3=NO[C@H](c4ccc(Oc5ccccc5)cc4)C3)cc2)o1. The van der Waals surface area contributed by atoms with Gasteiger partial charge in [0.1, 0.15) is 17.2 Å². The van der Waals surface area contributed by atoms with Crippen molar-refractivity contribution in [3.63, 3.8) is 0 Å². The summed E-state index contributed by atoms with van der Waals surface area (Å²) in [6.07, 6.45) is 0.352. The minimum absolute atomic E-state index is 0.193. The fraction of sp³-hybridized carbons (Fsp3) is 0.125. The van der Waals surface area contributed by atoms with E-state index in [2.05, 4.69) is 15.4 Å². The summed E-state index contributed by atoms with van der Waals surface area (Å²) in [6.45, 7) is 1.76. The van der Waals surface area contributed by atoms with Crippen LogP contribution in [0.4, 0.5) is 0 Å². The lowest BCUT2D eigenvalue weighted by Crippen LogP contribution is -2.07. The molecule has 0 bridgehead atoms. The Bertz CT molecular complexity index is 1190. The highest BCUT2D eigenvalue weighted by Gasteiger charge is 2.24. The van der Waals surface area contributed by atoms with Crippen LogP contribution < -0.4 is 9.47 Å². The van der Waals surface area contributed by atoms with Crippen LogP contribution in [0, 0.1) is 6.92 Å². The van der Waals surface area contributed by atoms with E-state index >= 15 is 0 Å². The predicted octanol–water partition coefficient (Wildman–Crippen LogP) is 5.69. The van der Waals surface area contributed by atoms with Gasteiger partial charge in [-0.2, -0.15) is 0 Å². The topological polar surface area (TPSA) is 79.0 Å². The van der Waals surface area contributed by atoms with Gasteiger partial charge in [0.15, 0.2) is 6.10 Å². The number of oxime groups is 1. The van der Waals surface area contributed by atoms with E-state index in [4.69, 9.17) is 18.7 Å². The molecule has 0 fully saturated rings. The lowest BCUT2D eigenvalue weighted by molar-refractivity contribution is 0.0855. The van der Waals surface area contributed by atoms with Crippen LogP contribution in [-0.2, 0) is 4.84 Å². The molecule has 1 atom stereocenters. The first-order valence-corrected chi connectivity index (χ1v) is 9.87. The van der Waals surface area contributed by atoms with Crippen LogP contribution in [0.5, 0.6) is 17.2 Å². The molecule has 0 unspecified atom stereocenters. The molecular weight excluding hydrogens is 394 g/mol. The van der Waals surface area contributed by atoms with E-state index in [0.29, 0.717) is 29.8 Å². The van der Waals surface area contributed by atoms with Gasteiger partial charge in [0.25, 0.3) is 0 Å². The van der Waals surface area contributed by atoms with Crippen molar-refractivity contribution in [1.29, 1.82) is 0 Å². The number of aromatic nitrogens is 2. The molecule has 7 heteroatoms. The van der Waals surface area contributed by atoms with E-state index < -0.39 is 0 Å². The second-order valence-electron chi connectivity index (χ2n) is 7.02. The molecule has 1 aromatic heterocycles. The summed E-state index contributed by atoms with van der Waals surface area (Å²) in [5, 5.41) is 11.9. The molecule has 154 valence electrons. The van der Waals surface area contributed by atoms with Gasteiger partial charge in [0, 0.05) is 12.5 Å². The van der Waals surface area contributed by atoms with E-state index in [1.54, 1.807) is 6.92 Å². The van der Waals surface area contributed by atoms with Crippen molar-refractivity contribution in [2.75, 3.05) is 0 Å². The number of hydrogen-bond donors (Lipinski definition) is 0. The van der Waals surface area contributed by atoms with Gasteiger partial charge in [-0.1, -0.05) is 35.5 Å². The van der Waals surface area contributed by atoms with Crippen molar-refractivity contribution in [3.05, 3.63) is 90.3 Å². The molecule has 0 saturated carbocycles.